The Kier molecular flexibility index (Phi) is 5.38. The number of halogens is 6. The van der Waals surface area contributed by atoms with Gasteiger partial charge in [0.2, 0.25) is 0 Å². The highest BCUT2D eigenvalue weighted by Gasteiger charge is 2.30. The summed E-state index contributed by atoms with van der Waals surface area (Å²) in [6, 6.07) is 9.83. The number of nitrogens with zero attached hydrogens (tertiary/aromatic N) is 1. The Morgan fingerprint density at radius 3 is 1.75 bits per heavy atom. The summed E-state index contributed by atoms with van der Waals surface area (Å²) in [4.78, 5) is -0.479. The summed E-state index contributed by atoms with van der Waals surface area (Å²) in [5.41, 5.74) is -0.297. The number of nitriles is 1. The lowest BCUT2D eigenvalue weighted by molar-refractivity contribution is -0.137. The number of rotatable bonds is 3. The molecule has 0 bridgehead atoms. The van der Waals surface area contributed by atoms with Crippen molar-refractivity contribution in [1.82, 2.24) is 0 Å². The van der Waals surface area contributed by atoms with E-state index in [9.17, 15) is 26.3 Å². The van der Waals surface area contributed by atoms with Gasteiger partial charge in [0, 0.05) is 5.56 Å². The van der Waals surface area contributed by atoms with Gasteiger partial charge in [-0.25, -0.2) is 13.2 Å². The summed E-state index contributed by atoms with van der Waals surface area (Å²) < 4.78 is 80.3. The SMILES string of the molecule is N#CSc1c(F)cc(-c2ccc(-c3ccc(C(F)(F)F)cc3)cc2F)cc1F. The van der Waals surface area contributed by atoms with E-state index in [0.29, 0.717) is 22.9 Å². The Bertz CT molecular complexity index is 1040. The van der Waals surface area contributed by atoms with Gasteiger partial charge < -0.3 is 0 Å². The Hall–Kier alpha value is -2.92. The zero-order valence-electron chi connectivity index (χ0n) is 13.8. The van der Waals surface area contributed by atoms with Gasteiger partial charge in [0.1, 0.15) is 22.9 Å². The minimum absolute atomic E-state index is 0.0613. The number of hydrogen-bond donors (Lipinski definition) is 0. The average molecular weight is 409 g/mol. The first-order chi connectivity index (χ1) is 13.2. The molecule has 142 valence electrons. The smallest absolute Gasteiger partial charge is 0.206 e. The van der Waals surface area contributed by atoms with Crippen LogP contribution in [0.5, 0.6) is 0 Å². The van der Waals surface area contributed by atoms with Crippen molar-refractivity contribution in [2.45, 2.75) is 11.1 Å². The molecule has 0 unspecified atom stereocenters. The largest absolute Gasteiger partial charge is 0.416 e. The standard InChI is InChI=1S/C20H9F6NS/c21-16-7-12(11-1-4-14(5-2-11)20(24,25)26)3-6-15(16)13-8-17(22)19(28-10-27)18(23)9-13/h1-9H. The molecule has 0 fully saturated rings. The van der Waals surface area contributed by atoms with Gasteiger partial charge in [-0.05, 0) is 58.8 Å². The van der Waals surface area contributed by atoms with E-state index in [1.807, 2.05) is 0 Å². The van der Waals surface area contributed by atoms with Crippen LogP contribution in [0.4, 0.5) is 26.3 Å². The third kappa shape index (κ3) is 3.99. The Balaban J connectivity index is 1.96. The van der Waals surface area contributed by atoms with Crippen LogP contribution in [-0.4, -0.2) is 0 Å². The summed E-state index contributed by atoms with van der Waals surface area (Å²) in [5, 5.41) is 10.1. The minimum Gasteiger partial charge on any atom is -0.206 e. The first kappa shape index (κ1) is 19.8. The van der Waals surface area contributed by atoms with Crippen LogP contribution in [0.15, 0.2) is 59.5 Å². The van der Waals surface area contributed by atoms with E-state index in [4.69, 9.17) is 5.26 Å². The van der Waals surface area contributed by atoms with Crippen molar-refractivity contribution in [2.75, 3.05) is 0 Å². The first-order valence-electron chi connectivity index (χ1n) is 7.73. The molecular formula is C20H9F6NS. The Labute approximate surface area is 160 Å². The van der Waals surface area contributed by atoms with E-state index in [1.54, 1.807) is 5.40 Å². The quantitative estimate of drug-likeness (QED) is 0.263. The summed E-state index contributed by atoms with van der Waals surface area (Å²) in [7, 11) is 0. The molecule has 0 aliphatic heterocycles. The Morgan fingerprint density at radius 1 is 0.714 bits per heavy atom. The highest BCUT2D eigenvalue weighted by Crippen LogP contribution is 2.34. The van der Waals surface area contributed by atoms with E-state index < -0.39 is 34.1 Å². The molecule has 3 aromatic rings. The number of thiocyanates is 1. The monoisotopic (exact) mass is 409 g/mol. The fraction of sp³-hybridized carbons (Fsp3) is 0.0500. The fourth-order valence-electron chi connectivity index (χ4n) is 2.64. The second-order valence-electron chi connectivity index (χ2n) is 5.73. The van der Waals surface area contributed by atoms with Crippen molar-refractivity contribution >= 4 is 11.8 Å². The third-order valence-corrected chi connectivity index (χ3v) is 4.66. The average Bonchev–Trinajstić information content (AvgIpc) is 2.64. The molecule has 0 heterocycles. The van der Waals surface area contributed by atoms with E-state index in [1.165, 1.54) is 24.3 Å². The van der Waals surface area contributed by atoms with Gasteiger partial charge in [0.15, 0.2) is 0 Å². The van der Waals surface area contributed by atoms with Gasteiger partial charge in [-0.1, -0.05) is 24.3 Å². The summed E-state index contributed by atoms with van der Waals surface area (Å²) >= 11 is 0.321. The van der Waals surface area contributed by atoms with Crippen LogP contribution < -0.4 is 0 Å². The number of alkyl halides is 3. The van der Waals surface area contributed by atoms with Crippen LogP contribution in [0.3, 0.4) is 0 Å². The molecule has 8 heteroatoms. The highest BCUT2D eigenvalue weighted by atomic mass is 32.2. The molecule has 3 aromatic carbocycles. The number of hydrogen-bond acceptors (Lipinski definition) is 2. The van der Waals surface area contributed by atoms with Gasteiger partial charge in [0.25, 0.3) is 0 Å². The molecule has 0 saturated carbocycles. The number of thioether (sulfide) groups is 1. The lowest BCUT2D eigenvalue weighted by Gasteiger charge is -2.10. The van der Waals surface area contributed by atoms with Crippen molar-refractivity contribution in [3.05, 3.63) is 77.6 Å². The van der Waals surface area contributed by atoms with Crippen LogP contribution in [-0.2, 0) is 6.18 Å². The van der Waals surface area contributed by atoms with Crippen molar-refractivity contribution < 1.29 is 26.3 Å². The van der Waals surface area contributed by atoms with Crippen LogP contribution >= 0.6 is 11.8 Å². The van der Waals surface area contributed by atoms with Gasteiger partial charge in [0.05, 0.1) is 10.5 Å². The lowest BCUT2D eigenvalue weighted by Crippen LogP contribution is -2.04. The maximum absolute atomic E-state index is 14.5. The van der Waals surface area contributed by atoms with Crippen molar-refractivity contribution in [1.29, 1.82) is 5.26 Å². The first-order valence-corrected chi connectivity index (χ1v) is 8.55. The van der Waals surface area contributed by atoms with Gasteiger partial charge in [-0.3, -0.25) is 0 Å². The second-order valence-corrected chi connectivity index (χ2v) is 6.53. The predicted octanol–water partition coefficient (Wildman–Crippen LogP) is 7.03. The summed E-state index contributed by atoms with van der Waals surface area (Å²) in [6.07, 6.45) is -4.47. The zero-order valence-corrected chi connectivity index (χ0v) is 14.6. The lowest BCUT2D eigenvalue weighted by atomic mass is 9.98. The molecule has 0 aliphatic carbocycles. The van der Waals surface area contributed by atoms with E-state index in [0.717, 1.165) is 30.3 Å². The van der Waals surface area contributed by atoms with Crippen LogP contribution in [0.25, 0.3) is 22.3 Å². The van der Waals surface area contributed by atoms with E-state index in [-0.39, 0.29) is 11.1 Å². The van der Waals surface area contributed by atoms with E-state index >= 15 is 0 Å². The molecule has 28 heavy (non-hydrogen) atoms. The van der Waals surface area contributed by atoms with Crippen molar-refractivity contribution in [3.63, 3.8) is 0 Å². The van der Waals surface area contributed by atoms with Crippen LogP contribution in [0, 0.1) is 28.1 Å². The predicted molar refractivity (Wildman–Crippen MR) is 93.7 cm³/mol. The Morgan fingerprint density at radius 2 is 1.25 bits per heavy atom. The molecule has 0 spiro atoms. The van der Waals surface area contributed by atoms with E-state index in [2.05, 4.69) is 0 Å². The highest BCUT2D eigenvalue weighted by molar-refractivity contribution is 8.03. The third-order valence-electron chi connectivity index (χ3n) is 3.97. The normalized spacial score (nSPS) is 11.3. The molecule has 0 atom stereocenters. The number of benzene rings is 3. The molecule has 0 aliphatic rings. The van der Waals surface area contributed by atoms with Gasteiger partial charge >= 0.3 is 6.18 Å². The molecule has 0 radical (unpaired) electrons. The maximum atomic E-state index is 14.5. The molecule has 0 N–H and O–H groups in total. The van der Waals surface area contributed by atoms with Crippen LogP contribution in [0.2, 0.25) is 0 Å². The van der Waals surface area contributed by atoms with Gasteiger partial charge in [-0.15, -0.1) is 0 Å². The fourth-order valence-corrected chi connectivity index (χ4v) is 3.04. The summed E-state index contributed by atoms with van der Waals surface area (Å²) in [5.74, 6) is -2.78. The van der Waals surface area contributed by atoms with Crippen molar-refractivity contribution in [3.8, 4) is 27.7 Å². The van der Waals surface area contributed by atoms with Crippen molar-refractivity contribution in [2.24, 2.45) is 0 Å². The molecule has 1 nitrogen and oxygen atoms in total. The zero-order chi connectivity index (χ0) is 20.5. The molecule has 0 amide bonds. The maximum Gasteiger partial charge on any atom is 0.416 e. The van der Waals surface area contributed by atoms with Crippen LogP contribution in [0.1, 0.15) is 5.56 Å². The molecule has 0 saturated heterocycles. The topological polar surface area (TPSA) is 23.8 Å². The minimum atomic E-state index is -4.47. The molecule has 0 aromatic heterocycles. The molecule has 3 rings (SSSR count). The van der Waals surface area contributed by atoms with Gasteiger partial charge in [-0.2, -0.15) is 18.4 Å². The summed E-state index contributed by atoms with van der Waals surface area (Å²) in [6.45, 7) is 0. The molecular weight excluding hydrogens is 400 g/mol. The second kappa shape index (κ2) is 7.60.